The quantitative estimate of drug-likeness (QED) is 0.642. The summed E-state index contributed by atoms with van der Waals surface area (Å²) in [6.45, 7) is 0. The van der Waals surface area contributed by atoms with Gasteiger partial charge >= 0.3 is 12.4 Å². The van der Waals surface area contributed by atoms with Crippen LogP contribution in [0.5, 0.6) is 11.5 Å². The van der Waals surface area contributed by atoms with Gasteiger partial charge in [-0.25, -0.2) is 0 Å². The molecule has 2 nitrogen and oxygen atoms in total. The van der Waals surface area contributed by atoms with Crippen molar-refractivity contribution in [3.8, 4) is 11.5 Å². The Hall–Kier alpha value is -1.50. The van der Waals surface area contributed by atoms with Gasteiger partial charge in [0.15, 0.2) is 0 Å². The molecule has 0 fully saturated rings. The van der Waals surface area contributed by atoms with Crippen LogP contribution in [0.4, 0.5) is 26.3 Å². The molecule has 0 aliphatic rings. The van der Waals surface area contributed by atoms with Crippen molar-refractivity contribution in [1.29, 1.82) is 0 Å². The van der Waals surface area contributed by atoms with E-state index in [1.165, 1.54) is 36.4 Å². The molecule has 0 atom stereocenters. The van der Waals surface area contributed by atoms with Crippen LogP contribution in [0, 0.1) is 0 Å². The van der Waals surface area contributed by atoms with Crippen molar-refractivity contribution in [3.05, 3.63) is 59.7 Å². The van der Waals surface area contributed by atoms with Gasteiger partial charge in [-0.3, -0.25) is 0 Å². The van der Waals surface area contributed by atoms with Crippen LogP contribution >= 0.6 is 0 Å². The zero-order valence-corrected chi connectivity index (χ0v) is 15.2. The first-order valence-electron chi connectivity index (χ1n) is 6.64. The second-order valence-corrected chi connectivity index (χ2v) is 4.92. The number of hydrogen-bond donors (Lipinski definition) is 2. The van der Waals surface area contributed by atoms with Gasteiger partial charge < -0.3 is 10.2 Å². The van der Waals surface area contributed by atoms with E-state index in [1.807, 2.05) is 0 Å². The maximum Gasteiger partial charge on any atom is 0.393 e. The molecule has 0 amide bonds. The maximum atomic E-state index is 11.8. The minimum Gasteiger partial charge on any atom is -0.508 e. The molecule has 0 saturated heterocycles. The molecule has 0 bridgehead atoms. The van der Waals surface area contributed by atoms with Gasteiger partial charge in [-0.1, -0.05) is 24.3 Å². The molecule has 0 aromatic heterocycles. The van der Waals surface area contributed by atoms with Gasteiger partial charge in [0.1, 0.15) is 11.5 Å². The van der Waals surface area contributed by atoms with Crippen molar-refractivity contribution >= 4 is 0 Å². The largest absolute Gasteiger partial charge is 0.508 e. The van der Waals surface area contributed by atoms with Gasteiger partial charge in [-0.15, -0.1) is 0 Å². The Morgan fingerprint density at radius 1 is 0.640 bits per heavy atom. The predicted molar refractivity (Wildman–Crippen MR) is 75.7 cm³/mol. The molecule has 0 saturated carbocycles. The van der Waals surface area contributed by atoms with Gasteiger partial charge in [0, 0.05) is 26.2 Å². The fourth-order valence-electron chi connectivity index (χ4n) is 1.80. The van der Waals surface area contributed by atoms with E-state index in [2.05, 4.69) is 0 Å². The Balaban J connectivity index is 0.000000443. The van der Waals surface area contributed by atoms with Gasteiger partial charge in [-0.2, -0.15) is 26.3 Å². The van der Waals surface area contributed by atoms with Crippen LogP contribution in [0.15, 0.2) is 48.5 Å². The minimum atomic E-state index is -4.21. The molecule has 2 aromatic carbocycles. The van der Waals surface area contributed by atoms with Crippen molar-refractivity contribution in [1.82, 2.24) is 0 Å². The first-order chi connectivity index (χ1) is 10.9. The molecule has 0 heterocycles. The first kappa shape index (κ1) is 23.5. The molecule has 0 unspecified atom stereocenters. The van der Waals surface area contributed by atoms with E-state index in [4.69, 9.17) is 10.2 Å². The van der Waals surface area contributed by atoms with Crippen LogP contribution in [0.25, 0.3) is 0 Å². The number of aromatic hydroxyl groups is 2. The monoisotopic (exact) mass is 442 g/mol. The Kier molecular flexibility index (Phi) is 9.26. The van der Waals surface area contributed by atoms with E-state index in [9.17, 15) is 26.3 Å². The second-order valence-electron chi connectivity index (χ2n) is 4.92. The van der Waals surface area contributed by atoms with E-state index < -0.39 is 25.2 Å². The third-order valence-corrected chi connectivity index (χ3v) is 2.63. The smallest absolute Gasteiger partial charge is 0.393 e. The van der Waals surface area contributed by atoms with Crippen LogP contribution in [0.1, 0.15) is 11.1 Å². The van der Waals surface area contributed by atoms with Crippen LogP contribution in [-0.2, 0) is 39.0 Å². The number of halogens is 6. The van der Waals surface area contributed by atoms with Gasteiger partial charge in [0.25, 0.3) is 0 Å². The van der Waals surface area contributed by atoms with Gasteiger partial charge in [-0.05, 0) is 35.4 Å². The topological polar surface area (TPSA) is 40.5 Å². The molecule has 2 rings (SSSR count). The molecule has 2 N–H and O–H groups in total. The van der Waals surface area contributed by atoms with Crippen molar-refractivity contribution < 1.29 is 62.8 Å². The maximum absolute atomic E-state index is 11.8. The summed E-state index contributed by atoms with van der Waals surface area (Å²) in [5.74, 6) is -0.284. The van der Waals surface area contributed by atoms with Crippen molar-refractivity contribution in [2.45, 2.75) is 25.2 Å². The number of benzene rings is 2. The van der Waals surface area contributed by atoms with E-state index in [0.717, 1.165) is 12.1 Å². The second kappa shape index (κ2) is 9.85. The first-order valence-corrected chi connectivity index (χ1v) is 6.64. The minimum absolute atomic E-state index is 0. The summed E-state index contributed by atoms with van der Waals surface area (Å²) < 4.78 is 70.7. The molecule has 136 valence electrons. The summed E-state index contributed by atoms with van der Waals surface area (Å²) in [4.78, 5) is 0. The summed E-state index contributed by atoms with van der Waals surface area (Å²) in [5, 5.41) is 17.7. The fraction of sp³-hybridized carbons (Fsp3) is 0.250. The van der Waals surface area contributed by atoms with Gasteiger partial charge in [0.05, 0.1) is 12.8 Å². The average Bonchev–Trinajstić information content (AvgIpc) is 2.35. The van der Waals surface area contributed by atoms with E-state index >= 15 is 0 Å². The molecule has 0 spiro atoms. The zero-order chi connectivity index (χ0) is 18.4. The third-order valence-electron chi connectivity index (χ3n) is 2.63. The summed E-state index contributed by atoms with van der Waals surface area (Å²) in [6.07, 6.45) is -10.4. The van der Waals surface area contributed by atoms with Crippen molar-refractivity contribution in [3.63, 3.8) is 0 Å². The fourth-order valence-corrected chi connectivity index (χ4v) is 1.80. The Morgan fingerprint density at radius 3 is 1.20 bits per heavy atom. The SMILES string of the molecule is Oc1cccc(CC(F)(F)F)c1.Oc1cccc(CC(F)(F)F)c1.[Zr]. The normalized spacial score (nSPS) is 11.1. The van der Waals surface area contributed by atoms with Crippen LogP contribution in [0.2, 0.25) is 0 Å². The molecule has 0 radical (unpaired) electrons. The van der Waals surface area contributed by atoms with E-state index in [0.29, 0.717) is 0 Å². The third kappa shape index (κ3) is 11.6. The molecule has 0 aliphatic heterocycles. The van der Waals surface area contributed by atoms with Gasteiger partial charge in [0.2, 0.25) is 0 Å². The number of alkyl halides is 6. The predicted octanol–water partition coefficient (Wildman–Crippen LogP) is 4.99. The molecule has 0 aliphatic carbocycles. The zero-order valence-electron chi connectivity index (χ0n) is 12.7. The molecular weight excluding hydrogens is 429 g/mol. The number of phenols is 2. The molecule has 25 heavy (non-hydrogen) atoms. The van der Waals surface area contributed by atoms with Crippen LogP contribution < -0.4 is 0 Å². The summed E-state index contributed by atoms with van der Waals surface area (Å²) >= 11 is 0. The number of phenolic OH excluding ortho intramolecular Hbond substituents is 2. The molecule has 9 heteroatoms. The van der Waals surface area contributed by atoms with Crippen LogP contribution in [-0.4, -0.2) is 22.6 Å². The van der Waals surface area contributed by atoms with E-state index in [1.54, 1.807) is 0 Å². The Labute approximate surface area is 159 Å². The Bertz CT molecular complexity index is 598. The Morgan fingerprint density at radius 2 is 0.960 bits per heavy atom. The van der Waals surface area contributed by atoms with E-state index in [-0.39, 0.29) is 48.8 Å². The summed E-state index contributed by atoms with van der Waals surface area (Å²) in [6, 6.07) is 10.3. The molecule has 2 aromatic rings. The number of hydrogen-bond acceptors (Lipinski definition) is 2. The average molecular weight is 443 g/mol. The number of rotatable bonds is 2. The van der Waals surface area contributed by atoms with Crippen molar-refractivity contribution in [2.75, 3.05) is 0 Å². The standard InChI is InChI=1S/2C8H7F3O.Zr/c2*9-8(10,11)5-6-2-1-3-7(12)4-6;/h2*1-4,12H,5H2;. The van der Waals surface area contributed by atoms with Crippen molar-refractivity contribution in [2.24, 2.45) is 0 Å². The molecular formula is C16H14F6O2Zr. The summed E-state index contributed by atoms with van der Waals surface area (Å²) in [5.41, 5.74) is 0.144. The summed E-state index contributed by atoms with van der Waals surface area (Å²) in [7, 11) is 0. The van der Waals surface area contributed by atoms with Crippen LogP contribution in [0.3, 0.4) is 0 Å².